The average molecular weight is 196 g/mol. The Labute approximate surface area is 84.0 Å². The molecule has 0 atom stereocenters. The van der Waals surface area contributed by atoms with E-state index in [0.717, 1.165) is 0 Å². The third kappa shape index (κ3) is 2.64. The number of phenols is 2. The highest BCUT2D eigenvalue weighted by atomic mass is 16.5. The van der Waals surface area contributed by atoms with Crippen molar-refractivity contribution >= 4 is 0 Å². The van der Waals surface area contributed by atoms with Crippen LogP contribution < -0.4 is 0 Å². The van der Waals surface area contributed by atoms with E-state index in [1.807, 2.05) is 13.8 Å². The van der Waals surface area contributed by atoms with Crippen LogP contribution in [0.25, 0.3) is 0 Å². The van der Waals surface area contributed by atoms with Crippen LogP contribution in [-0.2, 0) is 11.2 Å². The van der Waals surface area contributed by atoms with Gasteiger partial charge >= 0.3 is 0 Å². The minimum atomic E-state index is -0.342. The summed E-state index contributed by atoms with van der Waals surface area (Å²) in [5.74, 6) is 0.345. The summed E-state index contributed by atoms with van der Waals surface area (Å²) in [6, 6.07) is 4.49. The van der Waals surface area contributed by atoms with Crippen molar-refractivity contribution in [1.29, 1.82) is 0 Å². The maximum absolute atomic E-state index is 9.53. The highest BCUT2D eigenvalue weighted by molar-refractivity contribution is 5.39. The van der Waals surface area contributed by atoms with E-state index in [1.165, 1.54) is 12.1 Å². The minimum absolute atomic E-state index is 0.157. The molecule has 1 rings (SSSR count). The van der Waals surface area contributed by atoms with Crippen molar-refractivity contribution in [1.82, 2.24) is 0 Å². The summed E-state index contributed by atoms with van der Waals surface area (Å²) in [5, 5.41) is 18.8. The normalized spacial score (nSPS) is 11.6. The van der Waals surface area contributed by atoms with Gasteiger partial charge in [-0.2, -0.15) is 0 Å². The molecule has 78 valence electrons. The van der Waals surface area contributed by atoms with Crippen molar-refractivity contribution in [3.63, 3.8) is 0 Å². The van der Waals surface area contributed by atoms with E-state index >= 15 is 0 Å². The highest BCUT2D eigenvalue weighted by Gasteiger charge is 2.19. The van der Waals surface area contributed by atoms with E-state index in [2.05, 4.69) is 0 Å². The van der Waals surface area contributed by atoms with Crippen molar-refractivity contribution in [2.24, 2.45) is 0 Å². The summed E-state index contributed by atoms with van der Waals surface area (Å²) in [7, 11) is 1.62. The number of benzene rings is 1. The molecule has 2 N–H and O–H groups in total. The molecule has 0 amide bonds. The molecule has 14 heavy (non-hydrogen) atoms. The molecule has 0 saturated heterocycles. The lowest BCUT2D eigenvalue weighted by molar-refractivity contribution is 0.0227. The predicted octanol–water partition coefficient (Wildman–Crippen LogP) is 2.07. The van der Waals surface area contributed by atoms with Gasteiger partial charge in [0, 0.05) is 19.1 Å². The minimum Gasteiger partial charge on any atom is -0.508 e. The van der Waals surface area contributed by atoms with Crippen LogP contribution in [0.1, 0.15) is 19.4 Å². The first-order valence-corrected chi connectivity index (χ1v) is 4.50. The molecule has 0 unspecified atom stereocenters. The fourth-order valence-electron chi connectivity index (χ4n) is 1.24. The molecule has 3 heteroatoms. The lowest BCUT2D eigenvalue weighted by atomic mass is 9.97. The molecule has 0 aliphatic heterocycles. The smallest absolute Gasteiger partial charge is 0.119 e. The largest absolute Gasteiger partial charge is 0.508 e. The number of hydrogen-bond donors (Lipinski definition) is 2. The monoisotopic (exact) mass is 196 g/mol. The van der Waals surface area contributed by atoms with Gasteiger partial charge in [-0.25, -0.2) is 0 Å². The van der Waals surface area contributed by atoms with Crippen molar-refractivity contribution in [3.8, 4) is 11.5 Å². The molecule has 3 nitrogen and oxygen atoms in total. The van der Waals surface area contributed by atoms with Crippen LogP contribution in [0.4, 0.5) is 0 Å². The summed E-state index contributed by atoms with van der Waals surface area (Å²) in [6.07, 6.45) is 0.559. The lowest BCUT2D eigenvalue weighted by Gasteiger charge is -2.23. The molecule has 0 fully saturated rings. The van der Waals surface area contributed by atoms with E-state index in [-0.39, 0.29) is 17.1 Å². The van der Waals surface area contributed by atoms with Crippen molar-refractivity contribution in [2.75, 3.05) is 7.11 Å². The standard InChI is InChI=1S/C11H16O3/c1-11(2,14-3)7-8-6-9(12)4-5-10(8)13/h4-6,12-13H,7H2,1-3H3. The number of ether oxygens (including phenoxy) is 1. The average Bonchev–Trinajstić information content (AvgIpc) is 2.11. The van der Waals surface area contributed by atoms with Gasteiger partial charge in [0.2, 0.25) is 0 Å². The van der Waals surface area contributed by atoms with Crippen LogP contribution in [-0.4, -0.2) is 22.9 Å². The molecule has 1 aromatic rings. The van der Waals surface area contributed by atoms with E-state index in [9.17, 15) is 10.2 Å². The van der Waals surface area contributed by atoms with E-state index in [1.54, 1.807) is 13.2 Å². The topological polar surface area (TPSA) is 49.7 Å². The summed E-state index contributed by atoms with van der Waals surface area (Å²) in [4.78, 5) is 0. The molecule has 0 heterocycles. The molecular weight excluding hydrogens is 180 g/mol. The van der Waals surface area contributed by atoms with Gasteiger partial charge in [0.1, 0.15) is 11.5 Å². The first-order chi connectivity index (χ1) is 6.44. The second-order valence-electron chi connectivity index (χ2n) is 3.95. The number of methoxy groups -OCH3 is 1. The van der Waals surface area contributed by atoms with Crippen molar-refractivity contribution in [3.05, 3.63) is 23.8 Å². The van der Waals surface area contributed by atoms with Gasteiger partial charge in [-0.05, 0) is 32.0 Å². The summed E-state index contributed by atoms with van der Waals surface area (Å²) in [6.45, 7) is 3.85. The molecule has 0 bridgehead atoms. The molecule has 0 aromatic heterocycles. The number of hydrogen-bond acceptors (Lipinski definition) is 3. The van der Waals surface area contributed by atoms with Gasteiger partial charge in [0.25, 0.3) is 0 Å². The maximum atomic E-state index is 9.53. The first-order valence-electron chi connectivity index (χ1n) is 4.50. The number of aromatic hydroxyl groups is 2. The zero-order valence-corrected chi connectivity index (χ0v) is 8.74. The Morgan fingerprint density at radius 1 is 1.29 bits per heavy atom. The second kappa shape index (κ2) is 3.88. The van der Waals surface area contributed by atoms with Crippen LogP contribution in [0, 0.1) is 0 Å². The van der Waals surface area contributed by atoms with Crippen LogP contribution in [0.15, 0.2) is 18.2 Å². The molecule has 0 aliphatic carbocycles. The van der Waals surface area contributed by atoms with Gasteiger partial charge in [-0.3, -0.25) is 0 Å². The van der Waals surface area contributed by atoms with E-state index < -0.39 is 0 Å². The first kappa shape index (κ1) is 10.9. The van der Waals surface area contributed by atoms with Gasteiger partial charge in [0.15, 0.2) is 0 Å². The molecule has 1 aromatic carbocycles. The van der Waals surface area contributed by atoms with Crippen molar-refractivity contribution < 1.29 is 14.9 Å². The zero-order chi connectivity index (χ0) is 10.8. The van der Waals surface area contributed by atoms with Crippen LogP contribution in [0.2, 0.25) is 0 Å². The second-order valence-corrected chi connectivity index (χ2v) is 3.95. The van der Waals surface area contributed by atoms with Gasteiger partial charge in [-0.15, -0.1) is 0 Å². The Hall–Kier alpha value is -1.22. The number of rotatable bonds is 3. The van der Waals surface area contributed by atoms with E-state index in [4.69, 9.17) is 4.74 Å². The Bertz CT molecular complexity index is 318. The quantitative estimate of drug-likeness (QED) is 0.727. The lowest BCUT2D eigenvalue weighted by Crippen LogP contribution is -2.25. The maximum Gasteiger partial charge on any atom is 0.119 e. The molecule has 0 spiro atoms. The summed E-state index contributed by atoms with van der Waals surface area (Å²) in [5.41, 5.74) is 0.350. The fourth-order valence-corrected chi connectivity index (χ4v) is 1.24. The van der Waals surface area contributed by atoms with Crippen LogP contribution in [0.3, 0.4) is 0 Å². The van der Waals surface area contributed by atoms with Gasteiger partial charge in [0.05, 0.1) is 5.60 Å². The Morgan fingerprint density at radius 2 is 1.93 bits per heavy atom. The molecule has 0 radical (unpaired) electrons. The van der Waals surface area contributed by atoms with E-state index in [0.29, 0.717) is 12.0 Å². The zero-order valence-electron chi connectivity index (χ0n) is 8.74. The summed E-state index contributed by atoms with van der Waals surface area (Å²) < 4.78 is 5.24. The molecule has 0 saturated carbocycles. The summed E-state index contributed by atoms with van der Waals surface area (Å²) >= 11 is 0. The Morgan fingerprint density at radius 3 is 2.50 bits per heavy atom. The number of phenolic OH excluding ortho intramolecular Hbond substituents is 2. The van der Waals surface area contributed by atoms with Crippen LogP contribution in [0.5, 0.6) is 11.5 Å². The van der Waals surface area contributed by atoms with Gasteiger partial charge < -0.3 is 14.9 Å². The predicted molar refractivity (Wildman–Crippen MR) is 54.6 cm³/mol. The van der Waals surface area contributed by atoms with Crippen LogP contribution >= 0.6 is 0 Å². The van der Waals surface area contributed by atoms with Gasteiger partial charge in [-0.1, -0.05) is 0 Å². The molecule has 0 aliphatic rings. The van der Waals surface area contributed by atoms with Crippen molar-refractivity contribution in [2.45, 2.75) is 25.9 Å². The Kier molecular flexibility index (Phi) is 3.01. The fraction of sp³-hybridized carbons (Fsp3) is 0.455. The molecular formula is C11H16O3. The highest BCUT2D eigenvalue weighted by Crippen LogP contribution is 2.26. The SMILES string of the molecule is COC(C)(C)Cc1cc(O)ccc1O. The third-order valence-electron chi connectivity index (χ3n) is 2.23. The third-order valence-corrected chi connectivity index (χ3v) is 2.23. The Balaban J connectivity index is 2.91.